The first-order valence-electron chi connectivity index (χ1n) is 8.72. The number of nitrogens with zero attached hydrogens (tertiary/aromatic N) is 2. The number of anilines is 1. The van der Waals surface area contributed by atoms with Gasteiger partial charge in [0.15, 0.2) is 11.5 Å². The summed E-state index contributed by atoms with van der Waals surface area (Å²) in [4.78, 5) is 9.25. The summed E-state index contributed by atoms with van der Waals surface area (Å²) in [6, 6.07) is 14.0. The van der Waals surface area contributed by atoms with Crippen molar-refractivity contribution in [3.8, 4) is 11.5 Å². The van der Waals surface area contributed by atoms with Gasteiger partial charge in [-0.25, -0.2) is 0 Å². The lowest BCUT2D eigenvalue weighted by molar-refractivity contribution is 0.356. The number of aromatic nitrogens is 2. The highest BCUT2D eigenvalue weighted by atomic mass is 32.2. The number of methoxy groups -OCH3 is 2. The van der Waals surface area contributed by atoms with Crippen LogP contribution in [0.15, 0.2) is 54.9 Å². The van der Waals surface area contributed by atoms with E-state index in [1.807, 2.05) is 48.8 Å². The molecule has 3 N–H and O–H groups in total. The van der Waals surface area contributed by atoms with Crippen LogP contribution in [-0.4, -0.2) is 24.2 Å². The van der Waals surface area contributed by atoms with Crippen LogP contribution in [-0.2, 0) is 6.42 Å². The zero-order chi connectivity index (χ0) is 19.5. The Labute approximate surface area is 167 Å². The Morgan fingerprint density at radius 3 is 2.61 bits per heavy atom. The lowest BCUT2D eigenvalue weighted by atomic mass is 10.0. The third-order valence-corrected chi connectivity index (χ3v) is 5.00. The van der Waals surface area contributed by atoms with Crippen LogP contribution < -0.4 is 19.3 Å². The van der Waals surface area contributed by atoms with Gasteiger partial charge < -0.3 is 14.2 Å². The molecule has 7 heteroatoms. The molecule has 0 unspecified atom stereocenters. The molecule has 0 radical (unpaired) electrons. The lowest BCUT2D eigenvalue weighted by Crippen LogP contribution is -1.98. The standard InChI is InChI=1S/C21H20N4O2S/c1-26-19-9-15-12-23-11-14(17(15)10-20(19)27-2)8-16-7-6-13-4-3-5-18(25-28-22)21(13)24-16/h3-7,9-12,25H,8,22H2,1-2H3. The molecule has 2 aromatic carbocycles. The van der Waals surface area contributed by atoms with Crippen LogP contribution in [0.5, 0.6) is 11.5 Å². The monoisotopic (exact) mass is 392 g/mol. The van der Waals surface area contributed by atoms with Crippen LogP contribution in [0.3, 0.4) is 0 Å². The molecule has 0 aliphatic heterocycles. The Kier molecular flexibility index (Phi) is 5.18. The van der Waals surface area contributed by atoms with E-state index in [0.29, 0.717) is 17.9 Å². The zero-order valence-electron chi connectivity index (χ0n) is 15.6. The molecular formula is C21H20N4O2S. The van der Waals surface area contributed by atoms with E-state index in [2.05, 4.69) is 15.8 Å². The Balaban J connectivity index is 1.78. The normalized spacial score (nSPS) is 11.0. The van der Waals surface area contributed by atoms with Crippen molar-refractivity contribution in [3.05, 3.63) is 66.1 Å². The molecule has 28 heavy (non-hydrogen) atoms. The first-order chi connectivity index (χ1) is 13.7. The van der Waals surface area contributed by atoms with E-state index in [9.17, 15) is 0 Å². The molecule has 0 aliphatic carbocycles. The first-order valence-corrected chi connectivity index (χ1v) is 9.60. The predicted molar refractivity (Wildman–Crippen MR) is 115 cm³/mol. The van der Waals surface area contributed by atoms with Gasteiger partial charge in [0.05, 0.1) is 25.4 Å². The number of hydrogen-bond acceptors (Lipinski definition) is 7. The predicted octanol–water partition coefficient (Wildman–Crippen LogP) is 4.32. The minimum atomic E-state index is 0.653. The maximum atomic E-state index is 5.57. The molecule has 4 aromatic rings. The Hall–Kier alpha value is -3.03. The molecule has 2 heterocycles. The second-order valence-electron chi connectivity index (χ2n) is 6.30. The fourth-order valence-electron chi connectivity index (χ4n) is 3.32. The van der Waals surface area contributed by atoms with Crippen LogP contribution >= 0.6 is 12.1 Å². The maximum absolute atomic E-state index is 5.57. The van der Waals surface area contributed by atoms with Gasteiger partial charge in [-0.05, 0) is 35.2 Å². The van der Waals surface area contributed by atoms with Gasteiger partial charge in [0.2, 0.25) is 0 Å². The molecule has 0 saturated heterocycles. The number of hydrogen-bond donors (Lipinski definition) is 2. The van der Waals surface area contributed by atoms with Gasteiger partial charge in [-0.3, -0.25) is 15.1 Å². The summed E-state index contributed by atoms with van der Waals surface area (Å²) in [6.07, 6.45) is 4.36. The van der Waals surface area contributed by atoms with E-state index in [-0.39, 0.29) is 0 Å². The summed E-state index contributed by atoms with van der Waals surface area (Å²) < 4.78 is 14.0. The van der Waals surface area contributed by atoms with Gasteiger partial charge in [0, 0.05) is 47.4 Å². The topological polar surface area (TPSA) is 82.3 Å². The maximum Gasteiger partial charge on any atom is 0.161 e. The fourth-order valence-corrected chi connectivity index (χ4v) is 3.62. The fraction of sp³-hybridized carbons (Fsp3) is 0.143. The molecule has 6 nitrogen and oxygen atoms in total. The Bertz CT molecular complexity index is 1150. The molecule has 0 saturated carbocycles. The van der Waals surface area contributed by atoms with Gasteiger partial charge in [-0.1, -0.05) is 18.2 Å². The van der Waals surface area contributed by atoms with Crippen molar-refractivity contribution in [2.24, 2.45) is 5.14 Å². The van der Waals surface area contributed by atoms with Gasteiger partial charge in [0.25, 0.3) is 0 Å². The number of pyridine rings is 2. The van der Waals surface area contributed by atoms with Crippen LogP contribution in [0.25, 0.3) is 21.7 Å². The third-order valence-electron chi connectivity index (χ3n) is 4.66. The van der Waals surface area contributed by atoms with E-state index < -0.39 is 0 Å². The molecule has 0 amide bonds. The van der Waals surface area contributed by atoms with Crippen molar-refractivity contribution in [1.82, 2.24) is 9.97 Å². The summed E-state index contributed by atoms with van der Waals surface area (Å²) in [7, 11) is 3.27. The van der Waals surface area contributed by atoms with Crippen molar-refractivity contribution in [2.45, 2.75) is 6.42 Å². The zero-order valence-corrected chi connectivity index (χ0v) is 16.4. The van der Waals surface area contributed by atoms with Gasteiger partial charge in [-0.15, -0.1) is 0 Å². The number of nitrogens with two attached hydrogens (primary N) is 1. The summed E-state index contributed by atoms with van der Waals surface area (Å²) in [5.41, 5.74) is 3.82. The lowest BCUT2D eigenvalue weighted by Gasteiger charge is -2.12. The summed E-state index contributed by atoms with van der Waals surface area (Å²) in [5.74, 6) is 1.38. The van der Waals surface area contributed by atoms with Crippen molar-refractivity contribution < 1.29 is 9.47 Å². The molecule has 0 fully saturated rings. The van der Waals surface area contributed by atoms with E-state index >= 15 is 0 Å². The minimum Gasteiger partial charge on any atom is -0.493 e. The van der Waals surface area contributed by atoms with Crippen LogP contribution in [0, 0.1) is 0 Å². The van der Waals surface area contributed by atoms with Gasteiger partial charge >= 0.3 is 0 Å². The second kappa shape index (κ2) is 7.92. The highest BCUT2D eigenvalue weighted by molar-refractivity contribution is 7.98. The number of ether oxygens (including phenoxy) is 2. The van der Waals surface area contributed by atoms with Crippen LogP contribution in [0.2, 0.25) is 0 Å². The average molecular weight is 392 g/mol. The van der Waals surface area contributed by atoms with Crippen molar-refractivity contribution in [2.75, 3.05) is 18.9 Å². The first kappa shape index (κ1) is 18.3. The number of nitrogens with one attached hydrogen (secondary N) is 1. The highest BCUT2D eigenvalue weighted by Crippen LogP contribution is 2.34. The number of rotatable bonds is 6. The van der Waals surface area contributed by atoms with Crippen LogP contribution in [0.1, 0.15) is 11.3 Å². The molecule has 4 rings (SSSR count). The van der Waals surface area contributed by atoms with Gasteiger partial charge in [-0.2, -0.15) is 0 Å². The number of benzene rings is 2. The average Bonchev–Trinajstić information content (AvgIpc) is 2.73. The van der Waals surface area contributed by atoms with Crippen molar-refractivity contribution >= 4 is 39.5 Å². The summed E-state index contributed by atoms with van der Waals surface area (Å²) >= 11 is 1.06. The van der Waals surface area contributed by atoms with Crippen molar-refractivity contribution in [1.29, 1.82) is 0 Å². The third kappa shape index (κ3) is 3.42. The molecule has 142 valence electrons. The summed E-state index contributed by atoms with van der Waals surface area (Å²) in [6.45, 7) is 0. The molecule has 0 atom stereocenters. The molecule has 2 aromatic heterocycles. The van der Waals surface area contributed by atoms with Gasteiger partial charge in [0.1, 0.15) is 0 Å². The quantitative estimate of drug-likeness (QED) is 0.473. The molecular weight excluding hydrogens is 372 g/mol. The second-order valence-corrected chi connectivity index (χ2v) is 6.74. The smallest absolute Gasteiger partial charge is 0.161 e. The SMILES string of the molecule is COc1cc2cncc(Cc3ccc4cccc(NSN)c4n3)c2cc1OC. The summed E-state index contributed by atoms with van der Waals surface area (Å²) in [5, 5.41) is 8.70. The highest BCUT2D eigenvalue weighted by Gasteiger charge is 2.11. The minimum absolute atomic E-state index is 0.653. The van der Waals surface area contributed by atoms with E-state index in [4.69, 9.17) is 19.6 Å². The number of para-hydroxylation sites is 1. The van der Waals surface area contributed by atoms with E-state index in [0.717, 1.165) is 50.8 Å². The number of fused-ring (bicyclic) bond motifs is 2. The van der Waals surface area contributed by atoms with E-state index in [1.54, 1.807) is 14.2 Å². The van der Waals surface area contributed by atoms with Crippen LogP contribution in [0.4, 0.5) is 5.69 Å². The molecule has 0 bridgehead atoms. The van der Waals surface area contributed by atoms with E-state index in [1.165, 1.54) is 0 Å². The van der Waals surface area contributed by atoms with Crippen molar-refractivity contribution in [3.63, 3.8) is 0 Å². The largest absolute Gasteiger partial charge is 0.493 e. The molecule has 0 spiro atoms. The molecule has 0 aliphatic rings. The Morgan fingerprint density at radius 1 is 1.00 bits per heavy atom. The Morgan fingerprint density at radius 2 is 1.82 bits per heavy atom.